The molecule has 0 saturated heterocycles. The summed E-state index contributed by atoms with van der Waals surface area (Å²) in [6.45, 7) is 7.90. The van der Waals surface area contributed by atoms with E-state index in [1.807, 2.05) is 38.6 Å². The van der Waals surface area contributed by atoms with Gasteiger partial charge in [0.1, 0.15) is 5.75 Å². The van der Waals surface area contributed by atoms with Crippen LogP contribution in [0.4, 0.5) is 11.6 Å². The second-order valence-corrected chi connectivity index (χ2v) is 7.77. The van der Waals surface area contributed by atoms with Crippen molar-refractivity contribution in [3.05, 3.63) is 47.4 Å². The molecule has 30 heavy (non-hydrogen) atoms. The number of nitrogens with one attached hydrogen (secondary N) is 2. The molecule has 0 fully saturated rings. The minimum absolute atomic E-state index is 0.0437. The highest BCUT2D eigenvalue weighted by Gasteiger charge is 2.15. The Morgan fingerprint density at radius 3 is 2.60 bits per heavy atom. The zero-order valence-electron chi connectivity index (χ0n) is 17.6. The van der Waals surface area contributed by atoms with Gasteiger partial charge in [-0.25, -0.2) is 9.97 Å². The second kappa shape index (κ2) is 9.13. The van der Waals surface area contributed by atoms with Crippen LogP contribution in [0.15, 0.2) is 36.8 Å². The van der Waals surface area contributed by atoms with Gasteiger partial charge in [0.25, 0.3) is 5.91 Å². The summed E-state index contributed by atoms with van der Waals surface area (Å²) in [5.41, 5.74) is 2.51. The zero-order chi connectivity index (χ0) is 21.8. The van der Waals surface area contributed by atoms with Gasteiger partial charge in [0.05, 0.1) is 35.9 Å². The molecule has 2 N–H and O–H groups in total. The predicted molar refractivity (Wildman–Crippen MR) is 118 cm³/mol. The van der Waals surface area contributed by atoms with Crippen LogP contribution in [0.5, 0.6) is 5.75 Å². The van der Waals surface area contributed by atoms with Gasteiger partial charge < -0.3 is 15.4 Å². The number of halogens is 1. The van der Waals surface area contributed by atoms with Crippen molar-refractivity contribution in [1.29, 1.82) is 0 Å². The van der Waals surface area contributed by atoms with Gasteiger partial charge in [0.15, 0.2) is 0 Å². The lowest BCUT2D eigenvalue weighted by Gasteiger charge is -2.13. The van der Waals surface area contributed by atoms with Crippen molar-refractivity contribution in [2.75, 3.05) is 12.4 Å². The summed E-state index contributed by atoms with van der Waals surface area (Å²) in [6, 6.07) is 5.41. The molecule has 2 aromatic heterocycles. The largest absolute Gasteiger partial charge is 0.495 e. The summed E-state index contributed by atoms with van der Waals surface area (Å²) in [6.07, 6.45) is 5.15. The van der Waals surface area contributed by atoms with Crippen molar-refractivity contribution >= 4 is 29.1 Å². The molecule has 0 bridgehead atoms. The van der Waals surface area contributed by atoms with E-state index in [1.165, 1.54) is 6.20 Å². The Morgan fingerprint density at radius 2 is 1.97 bits per heavy atom. The van der Waals surface area contributed by atoms with Crippen molar-refractivity contribution in [2.45, 2.75) is 39.8 Å². The molecule has 1 aromatic carbocycles. The van der Waals surface area contributed by atoms with Crippen LogP contribution in [-0.2, 0) is 0 Å². The molecule has 3 aromatic rings. The van der Waals surface area contributed by atoms with Gasteiger partial charge in [-0.1, -0.05) is 11.6 Å². The molecule has 3 rings (SSSR count). The number of hydrogen-bond acceptors (Lipinski definition) is 6. The van der Waals surface area contributed by atoms with Crippen LogP contribution >= 0.6 is 11.6 Å². The van der Waals surface area contributed by atoms with E-state index in [1.54, 1.807) is 31.5 Å². The number of carbonyl (C=O) groups excluding carboxylic acids is 1. The van der Waals surface area contributed by atoms with E-state index in [0.29, 0.717) is 33.7 Å². The van der Waals surface area contributed by atoms with Gasteiger partial charge >= 0.3 is 0 Å². The molecule has 0 aliphatic carbocycles. The fraction of sp³-hybridized carbons (Fsp3) is 0.333. The molecule has 8 nitrogen and oxygen atoms in total. The number of anilines is 2. The quantitative estimate of drug-likeness (QED) is 0.576. The maximum atomic E-state index is 12.2. The lowest BCUT2D eigenvalue weighted by atomic mass is 10.1. The van der Waals surface area contributed by atoms with Crippen LogP contribution in [0.25, 0.3) is 11.3 Å². The van der Waals surface area contributed by atoms with E-state index >= 15 is 0 Å². The molecule has 0 aliphatic heterocycles. The number of rotatable bonds is 7. The SMILES string of the molecule is COc1cc(C(=O)NC(C)C)ccc1Nc1ncc(Cl)c(-c2cnn(C(C)C)c2)n1. The van der Waals surface area contributed by atoms with Gasteiger partial charge in [-0.2, -0.15) is 5.10 Å². The van der Waals surface area contributed by atoms with Crippen molar-refractivity contribution in [2.24, 2.45) is 0 Å². The molecule has 1 amide bonds. The molecular weight excluding hydrogens is 404 g/mol. The normalized spacial score (nSPS) is 11.1. The van der Waals surface area contributed by atoms with Gasteiger partial charge in [0, 0.05) is 29.4 Å². The van der Waals surface area contributed by atoms with Gasteiger partial charge in [0.2, 0.25) is 5.95 Å². The third-order valence-corrected chi connectivity index (χ3v) is 4.55. The van der Waals surface area contributed by atoms with E-state index in [-0.39, 0.29) is 18.0 Å². The topological polar surface area (TPSA) is 94.0 Å². The number of methoxy groups -OCH3 is 1. The summed E-state index contributed by atoms with van der Waals surface area (Å²) in [5, 5.41) is 10.8. The first kappa shape index (κ1) is 21.6. The maximum Gasteiger partial charge on any atom is 0.251 e. The van der Waals surface area contributed by atoms with Crippen molar-refractivity contribution in [1.82, 2.24) is 25.1 Å². The van der Waals surface area contributed by atoms with E-state index in [4.69, 9.17) is 16.3 Å². The summed E-state index contributed by atoms with van der Waals surface area (Å²) in [5.74, 6) is 0.686. The van der Waals surface area contributed by atoms with Gasteiger partial charge in [-0.15, -0.1) is 0 Å². The van der Waals surface area contributed by atoms with Crippen molar-refractivity contribution < 1.29 is 9.53 Å². The number of amides is 1. The van der Waals surface area contributed by atoms with Gasteiger partial charge in [-0.05, 0) is 45.9 Å². The lowest BCUT2D eigenvalue weighted by Crippen LogP contribution is -2.30. The minimum atomic E-state index is -0.165. The average Bonchev–Trinajstić information content (AvgIpc) is 3.19. The fourth-order valence-electron chi connectivity index (χ4n) is 2.77. The Balaban J connectivity index is 1.88. The number of benzene rings is 1. The molecular formula is C21H25ClN6O2. The summed E-state index contributed by atoms with van der Waals surface area (Å²) < 4.78 is 7.28. The van der Waals surface area contributed by atoms with Crippen LogP contribution in [0.1, 0.15) is 44.1 Å². The Bertz CT molecular complexity index is 1050. The summed E-state index contributed by atoms with van der Waals surface area (Å²) >= 11 is 6.32. The first-order chi connectivity index (χ1) is 14.3. The number of hydrogen-bond donors (Lipinski definition) is 2. The highest BCUT2D eigenvalue weighted by molar-refractivity contribution is 6.32. The third kappa shape index (κ3) is 4.88. The summed E-state index contributed by atoms with van der Waals surface area (Å²) in [4.78, 5) is 21.0. The van der Waals surface area contributed by atoms with Crippen molar-refractivity contribution in [3.63, 3.8) is 0 Å². The third-order valence-electron chi connectivity index (χ3n) is 4.28. The average molecular weight is 429 g/mol. The fourth-order valence-corrected chi connectivity index (χ4v) is 2.97. The zero-order valence-corrected chi connectivity index (χ0v) is 18.4. The second-order valence-electron chi connectivity index (χ2n) is 7.36. The maximum absolute atomic E-state index is 12.2. The number of nitrogens with zero attached hydrogens (tertiary/aromatic N) is 4. The molecule has 0 spiro atoms. The number of ether oxygens (including phenoxy) is 1. The van der Waals surface area contributed by atoms with Crippen molar-refractivity contribution in [3.8, 4) is 17.0 Å². The minimum Gasteiger partial charge on any atom is -0.495 e. The molecule has 2 heterocycles. The molecule has 0 saturated carbocycles. The Labute approximate surface area is 180 Å². The summed E-state index contributed by atoms with van der Waals surface area (Å²) in [7, 11) is 1.54. The number of carbonyl (C=O) groups is 1. The lowest BCUT2D eigenvalue weighted by molar-refractivity contribution is 0.0943. The highest BCUT2D eigenvalue weighted by atomic mass is 35.5. The smallest absolute Gasteiger partial charge is 0.251 e. The molecule has 9 heteroatoms. The van der Waals surface area contributed by atoms with Crippen LogP contribution in [0, 0.1) is 0 Å². The first-order valence-corrected chi connectivity index (χ1v) is 9.99. The van der Waals surface area contributed by atoms with E-state index < -0.39 is 0 Å². The van der Waals surface area contributed by atoms with E-state index in [0.717, 1.165) is 5.56 Å². The van der Waals surface area contributed by atoms with Crippen LogP contribution in [0.3, 0.4) is 0 Å². The van der Waals surface area contributed by atoms with E-state index in [2.05, 4.69) is 25.7 Å². The monoisotopic (exact) mass is 428 g/mol. The highest BCUT2D eigenvalue weighted by Crippen LogP contribution is 2.30. The van der Waals surface area contributed by atoms with Crippen LogP contribution in [-0.4, -0.2) is 38.8 Å². The number of aromatic nitrogens is 4. The molecule has 0 radical (unpaired) electrons. The Hall–Kier alpha value is -3.13. The Kier molecular flexibility index (Phi) is 6.56. The molecule has 0 aliphatic rings. The molecule has 0 unspecified atom stereocenters. The van der Waals surface area contributed by atoms with Crippen LogP contribution < -0.4 is 15.4 Å². The standard InChI is InChI=1S/C21H25ClN6O2/c1-12(2)25-20(29)14-6-7-17(18(8-14)30-5)26-21-23-10-16(22)19(27-21)15-9-24-28(11-15)13(3)4/h6-13H,1-5H3,(H,25,29)(H,23,26,27). The predicted octanol–water partition coefficient (Wildman–Crippen LogP) is 4.46. The first-order valence-electron chi connectivity index (χ1n) is 9.61. The van der Waals surface area contributed by atoms with Gasteiger partial charge in [-0.3, -0.25) is 9.48 Å². The van der Waals surface area contributed by atoms with E-state index in [9.17, 15) is 4.79 Å². The molecule has 158 valence electrons. The van der Waals surface area contributed by atoms with Crippen LogP contribution in [0.2, 0.25) is 5.02 Å². The Morgan fingerprint density at radius 1 is 1.20 bits per heavy atom. The molecule has 0 atom stereocenters.